The van der Waals surface area contributed by atoms with E-state index in [1.54, 1.807) is 11.3 Å². The van der Waals surface area contributed by atoms with Crippen LogP contribution in [-0.2, 0) is 48.9 Å². The normalized spacial score (nSPS) is 8.45. The first-order valence-electron chi connectivity index (χ1n) is 8.87. The zero-order valence-electron chi connectivity index (χ0n) is 18.0. The van der Waals surface area contributed by atoms with Crippen LogP contribution in [0, 0.1) is 0 Å². The number of aliphatic carboxylic acids is 3. The molecule has 0 N–H and O–H groups in total. The largest absolute Gasteiger partial charge is 3.00 e. The first kappa shape index (κ1) is 34.5. The van der Waals surface area contributed by atoms with Gasteiger partial charge < -0.3 is 29.7 Å². The Kier molecular flexibility index (Phi) is 21.8. The quantitative estimate of drug-likeness (QED) is 0.333. The van der Waals surface area contributed by atoms with E-state index in [4.69, 9.17) is 0 Å². The van der Waals surface area contributed by atoms with Crippen molar-refractivity contribution in [2.45, 2.75) is 40.0 Å². The molecule has 2 aromatic heterocycles. The van der Waals surface area contributed by atoms with Crippen molar-refractivity contribution in [1.29, 1.82) is 0 Å². The predicted octanol–water partition coefficient (Wildman–Crippen LogP) is -1.05. The van der Waals surface area contributed by atoms with Crippen LogP contribution in [0.5, 0.6) is 0 Å². The molecule has 180 valence electrons. The number of aromatic nitrogens is 1. The van der Waals surface area contributed by atoms with Gasteiger partial charge in [-0.05, 0) is 44.4 Å². The summed E-state index contributed by atoms with van der Waals surface area (Å²) >= 11 is 1.71. The van der Waals surface area contributed by atoms with Gasteiger partial charge in [-0.25, -0.2) is 0 Å². The van der Waals surface area contributed by atoms with Crippen molar-refractivity contribution < 1.29 is 64.2 Å². The Bertz CT molecular complexity index is 787. The minimum Gasteiger partial charge on any atom is -0.550 e. The van der Waals surface area contributed by atoms with Crippen molar-refractivity contribution in [3.63, 3.8) is 0 Å². The number of carbonyl (C=O) groups excluding carboxylic acids is 6. The van der Waals surface area contributed by atoms with E-state index < -0.39 is 37.2 Å². The molecule has 0 aliphatic carbocycles. The molecule has 0 saturated heterocycles. The van der Waals surface area contributed by atoms with Gasteiger partial charge in [0, 0.05) is 43.4 Å². The standard InChI is InChI=1S/C9H7NS.3C4H6O3.Ir/c1-2-6-10-8(4-1)9-5-3-7-11-9;3*1-3(5)2-4(6)7;/h1-7H;3*2H2,1H3,(H,6,7);/q;;;;+3/p-3. The third-order valence-electron chi connectivity index (χ3n) is 2.62. The molecule has 0 bridgehead atoms. The van der Waals surface area contributed by atoms with Crippen LogP contribution >= 0.6 is 11.3 Å². The topological polar surface area (TPSA) is 184 Å². The fourth-order valence-corrected chi connectivity index (χ4v) is 2.24. The zero-order chi connectivity index (χ0) is 25.1. The molecule has 10 nitrogen and oxygen atoms in total. The number of Topliss-reactive ketones (excluding diaryl/α,β-unsaturated/α-hetero) is 3. The van der Waals surface area contributed by atoms with E-state index in [0.29, 0.717) is 0 Å². The molecule has 0 radical (unpaired) electrons. The summed E-state index contributed by atoms with van der Waals surface area (Å²) in [5.74, 6) is -5.06. The minimum atomic E-state index is -1.31. The number of carbonyl (C=O) groups is 6. The number of pyridine rings is 1. The second-order valence-corrected chi connectivity index (χ2v) is 6.89. The first-order chi connectivity index (χ1) is 14.8. The summed E-state index contributed by atoms with van der Waals surface area (Å²) in [4.78, 5) is 63.4. The molecular formula is C21H22IrNO9S. The molecule has 0 aliphatic heterocycles. The summed E-state index contributed by atoms with van der Waals surface area (Å²) in [5, 5.41) is 30.5. The fourth-order valence-electron chi connectivity index (χ4n) is 1.54. The Morgan fingerprint density at radius 2 is 1.15 bits per heavy atom. The van der Waals surface area contributed by atoms with Gasteiger partial charge in [0.15, 0.2) is 0 Å². The number of hydrogen-bond acceptors (Lipinski definition) is 11. The van der Waals surface area contributed by atoms with Gasteiger partial charge >= 0.3 is 20.1 Å². The van der Waals surface area contributed by atoms with E-state index in [-0.39, 0.29) is 37.5 Å². The van der Waals surface area contributed by atoms with Crippen LogP contribution in [0.4, 0.5) is 0 Å². The van der Waals surface area contributed by atoms with Gasteiger partial charge in [0.05, 0.1) is 10.6 Å². The number of hydrogen-bond donors (Lipinski definition) is 0. The molecule has 0 atom stereocenters. The van der Waals surface area contributed by atoms with Gasteiger partial charge in [0.25, 0.3) is 0 Å². The third kappa shape index (κ3) is 26.9. The van der Waals surface area contributed by atoms with Gasteiger partial charge in [-0.15, -0.1) is 11.3 Å². The zero-order valence-corrected chi connectivity index (χ0v) is 21.2. The van der Waals surface area contributed by atoms with E-state index in [0.717, 1.165) is 5.69 Å². The molecule has 0 fully saturated rings. The monoisotopic (exact) mass is 657 g/mol. The fraction of sp³-hybridized carbons (Fsp3) is 0.286. The molecule has 0 aromatic carbocycles. The Hall–Kier alpha value is -3.08. The van der Waals surface area contributed by atoms with Gasteiger partial charge in [-0.3, -0.25) is 19.4 Å². The SMILES string of the molecule is CC(=O)CC(=O)[O-].CC(=O)CC(=O)[O-].CC(=O)CC(=O)[O-].[Ir+3].c1ccc(-c2cccs2)nc1. The minimum absolute atomic E-state index is 0. The molecule has 0 saturated carbocycles. The van der Waals surface area contributed by atoms with Gasteiger partial charge in [-0.2, -0.15) is 0 Å². The summed E-state index contributed by atoms with van der Waals surface area (Å²) in [6.45, 7) is 3.61. The van der Waals surface area contributed by atoms with Crippen LogP contribution in [0.2, 0.25) is 0 Å². The maximum Gasteiger partial charge on any atom is 3.00 e. The third-order valence-corrected chi connectivity index (χ3v) is 3.51. The summed E-state index contributed by atoms with van der Waals surface area (Å²) in [7, 11) is 0. The molecule has 0 amide bonds. The Morgan fingerprint density at radius 3 is 1.36 bits per heavy atom. The average molecular weight is 657 g/mol. The Labute approximate surface area is 208 Å². The molecule has 0 unspecified atom stereocenters. The number of thiophene rings is 1. The van der Waals surface area contributed by atoms with Crippen LogP contribution in [0.3, 0.4) is 0 Å². The second kappa shape index (κ2) is 20.8. The van der Waals surface area contributed by atoms with Crippen molar-refractivity contribution in [3.05, 3.63) is 41.9 Å². The smallest absolute Gasteiger partial charge is 0.550 e. The summed E-state index contributed by atoms with van der Waals surface area (Å²) in [6, 6.07) is 10.1. The van der Waals surface area contributed by atoms with E-state index in [2.05, 4.69) is 16.4 Å². The maximum absolute atomic E-state index is 9.83. The Balaban J connectivity index is -0.000000371. The molecule has 12 heteroatoms. The van der Waals surface area contributed by atoms with Crippen molar-refractivity contribution in [1.82, 2.24) is 4.98 Å². The van der Waals surface area contributed by atoms with Crippen molar-refractivity contribution in [2.24, 2.45) is 0 Å². The van der Waals surface area contributed by atoms with E-state index >= 15 is 0 Å². The summed E-state index contributed by atoms with van der Waals surface area (Å²) in [6.07, 6.45) is 0.398. The molecule has 33 heavy (non-hydrogen) atoms. The number of nitrogens with zero attached hydrogens (tertiary/aromatic N) is 1. The molecule has 2 heterocycles. The molecule has 0 aliphatic rings. The van der Waals surface area contributed by atoms with Crippen molar-refractivity contribution >= 4 is 46.6 Å². The van der Waals surface area contributed by atoms with Crippen LogP contribution in [0.1, 0.15) is 40.0 Å². The van der Waals surface area contributed by atoms with E-state index in [1.165, 1.54) is 25.6 Å². The van der Waals surface area contributed by atoms with E-state index in [9.17, 15) is 44.1 Å². The number of carboxylic acid groups (broad SMARTS) is 3. The van der Waals surface area contributed by atoms with Crippen molar-refractivity contribution in [3.8, 4) is 10.6 Å². The number of carboxylic acids is 3. The molecule has 2 aromatic rings. The van der Waals surface area contributed by atoms with E-state index in [1.807, 2.05) is 30.5 Å². The second-order valence-electron chi connectivity index (χ2n) is 5.94. The first-order valence-corrected chi connectivity index (χ1v) is 9.75. The van der Waals surface area contributed by atoms with Gasteiger partial charge in [0.1, 0.15) is 17.3 Å². The van der Waals surface area contributed by atoms with Gasteiger partial charge in [-0.1, -0.05) is 12.1 Å². The van der Waals surface area contributed by atoms with Crippen LogP contribution < -0.4 is 15.3 Å². The average Bonchev–Trinajstić information content (AvgIpc) is 3.15. The van der Waals surface area contributed by atoms with Crippen LogP contribution in [0.25, 0.3) is 10.6 Å². The molecule has 2 rings (SSSR count). The van der Waals surface area contributed by atoms with Crippen LogP contribution in [0.15, 0.2) is 41.9 Å². The van der Waals surface area contributed by atoms with Gasteiger partial charge in [0.2, 0.25) is 0 Å². The molecule has 0 spiro atoms. The predicted molar refractivity (Wildman–Crippen MR) is 108 cm³/mol. The summed E-state index contributed by atoms with van der Waals surface area (Å²) in [5.41, 5.74) is 1.06. The maximum atomic E-state index is 9.83. The molecular weight excluding hydrogens is 635 g/mol. The Morgan fingerprint density at radius 1 is 0.727 bits per heavy atom. The summed E-state index contributed by atoms with van der Waals surface area (Å²) < 4.78 is 0. The van der Waals surface area contributed by atoms with Crippen LogP contribution in [-0.4, -0.2) is 40.2 Å². The number of ketones is 3. The number of rotatable bonds is 7. The van der Waals surface area contributed by atoms with Crippen molar-refractivity contribution in [2.75, 3.05) is 0 Å².